The third-order valence-corrected chi connectivity index (χ3v) is 4.30. The average molecular weight is 312 g/mol. The van der Waals surface area contributed by atoms with Gasteiger partial charge in [-0.25, -0.2) is 0 Å². The first-order chi connectivity index (χ1) is 11.2. The van der Waals surface area contributed by atoms with Crippen LogP contribution in [0.4, 0.5) is 0 Å². The Morgan fingerprint density at radius 2 is 1.83 bits per heavy atom. The molecule has 5 nitrogen and oxygen atoms in total. The number of carbonyl (C=O) groups excluding carboxylic acids is 1. The van der Waals surface area contributed by atoms with Gasteiger partial charge >= 0.3 is 0 Å². The lowest BCUT2D eigenvalue weighted by atomic mass is 9.88. The Morgan fingerprint density at radius 3 is 2.43 bits per heavy atom. The normalized spacial score (nSPS) is 16.7. The Labute approximate surface area is 135 Å². The van der Waals surface area contributed by atoms with Gasteiger partial charge in [-0.2, -0.15) is 0 Å². The lowest BCUT2D eigenvalue weighted by Crippen LogP contribution is -2.39. The van der Waals surface area contributed by atoms with Crippen molar-refractivity contribution >= 4 is 5.91 Å². The van der Waals surface area contributed by atoms with E-state index in [-0.39, 0.29) is 11.9 Å². The summed E-state index contributed by atoms with van der Waals surface area (Å²) in [7, 11) is 3.26. The van der Waals surface area contributed by atoms with Crippen molar-refractivity contribution in [3.05, 3.63) is 53.3 Å². The highest BCUT2D eigenvalue weighted by molar-refractivity contribution is 5.75. The van der Waals surface area contributed by atoms with E-state index in [2.05, 4.69) is 4.98 Å². The Hall–Kier alpha value is -2.56. The molecular formula is C18H20N2O3. The van der Waals surface area contributed by atoms with Gasteiger partial charge in [-0.15, -0.1) is 0 Å². The van der Waals surface area contributed by atoms with E-state index < -0.39 is 0 Å². The Bertz CT molecular complexity index is 716. The van der Waals surface area contributed by atoms with Crippen LogP contribution in [-0.2, 0) is 11.2 Å². The zero-order chi connectivity index (χ0) is 16.4. The summed E-state index contributed by atoms with van der Waals surface area (Å²) in [5.41, 5.74) is 3.31. The van der Waals surface area contributed by atoms with Crippen molar-refractivity contribution in [3.63, 3.8) is 0 Å². The van der Waals surface area contributed by atoms with Gasteiger partial charge in [0.25, 0.3) is 0 Å². The molecule has 120 valence electrons. The largest absolute Gasteiger partial charge is 0.493 e. The van der Waals surface area contributed by atoms with E-state index >= 15 is 0 Å². The van der Waals surface area contributed by atoms with E-state index in [1.165, 1.54) is 5.56 Å². The second kappa shape index (κ2) is 6.28. The van der Waals surface area contributed by atoms with E-state index in [0.29, 0.717) is 12.3 Å². The number of benzene rings is 1. The van der Waals surface area contributed by atoms with E-state index in [1.54, 1.807) is 33.5 Å². The molecule has 0 unspecified atom stereocenters. The van der Waals surface area contributed by atoms with Gasteiger partial charge in [-0.3, -0.25) is 9.78 Å². The summed E-state index contributed by atoms with van der Waals surface area (Å²) in [6.07, 6.45) is 4.31. The monoisotopic (exact) mass is 312 g/mol. The highest BCUT2D eigenvalue weighted by atomic mass is 16.5. The summed E-state index contributed by atoms with van der Waals surface area (Å²) >= 11 is 0. The number of hydrogen-bond acceptors (Lipinski definition) is 4. The molecule has 3 rings (SSSR count). The van der Waals surface area contributed by atoms with Gasteiger partial charge in [0, 0.05) is 25.9 Å². The maximum Gasteiger partial charge on any atom is 0.220 e. The highest BCUT2D eigenvalue weighted by Crippen LogP contribution is 2.40. The molecule has 1 aromatic carbocycles. The molecule has 0 N–H and O–H groups in total. The van der Waals surface area contributed by atoms with Crippen molar-refractivity contribution in [1.82, 2.24) is 9.88 Å². The maximum absolute atomic E-state index is 12.1. The molecular weight excluding hydrogens is 292 g/mol. The van der Waals surface area contributed by atoms with E-state index in [0.717, 1.165) is 23.3 Å². The molecule has 1 aromatic heterocycles. The number of methoxy groups -OCH3 is 2. The van der Waals surface area contributed by atoms with Gasteiger partial charge in [0.2, 0.25) is 5.91 Å². The minimum atomic E-state index is -0.126. The van der Waals surface area contributed by atoms with Crippen LogP contribution in [0.5, 0.6) is 11.5 Å². The van der Waals surface area contributed by atoms with Crippen molar-refractivity contribution in [1.29, 1.82) is 0 Å². The summed E-state index contributed by atoms with van der Waals surface area (Å²) in [6, 6.07) is 7.77. The molecule has 0 fully saturated rings. The Kier molecular flexibility index (Phi) is 4.19. The number of ether oxygens (including phenoxy) is 2. The van der Waals surface area contributed by atoms with Gasteiger partial charge in [0.1, 0.15) is 0 Å². The molecule has 2 aromatic rings. The average Bonchev–Trinajstić information content (AvgIpc) is 2.59. The molecule has 5 heteroatoms. The minimum Gasteiger partial charge on any atom is -0.493 e. The van der Waals surface area contributed by atoms with Crippen LogP contribution in [0.1, 0.15) is 29.7 Å². The molecule has 0 saturated heterocycles. The van der Waals surface area contributed by atoms with Gasteiger partial charge in [0.15, 0.2) is 11.5 Å². The van der Waals surface area contributed by atoms with Crippen LogP contribution in [0.15, 0.2) is 36.7 Å². The predicted molar refractivity (Wildman–Crippen MR) is 86.7 cm³/mol. The summed E-state index contributed by atoms with van der Waals surface area (Å²) in [5, 5.41) is 0. The molecule has 0 spiro atoms. The van der Waals surface area contributed by atoms with Crippen molar-refractivity contribution in [3.8, 4) is 11.5 Å². The second-order valence-corrected chi connectivity index (χ2v) is 5.55. The quantitative estimate of drug-likeness (QED) is 0.874. The van der Waals surface area contributed by atoms with Crippen molar-refractivity contribution in [2.75, 3.05) is 20.8 Å². The Morgan fingerprint density at radius 1 is 1.17 bits per heavy atom. The number of fused-ring (bicyclic) bond motifs is 1. The molecule has 1 aliphatic rings. The Balaban J connectivity index is 2.17. The maximum atomic E-state index is 12.1. The summed E-state index contributed by atoms with van der Waals surface area (Å²) in [5.74, 6) is 1.46. The van der Waals surface area contributed by atoms with Crippen molar-refractivity contribution in [2.45, 2.75) is 19.4 Å². The van der Waals surface area contributed by atoms with Gasteiger partial charge in [0.05, 0.1) is 20.3 Å². The summed E-state index contributed by atoms with van der Waals surface area (Å²) in [6.45, 7) is 2.30. The molecule has 0 saturated carbocycles. The lowest BCUT2D eigenvalue weighted by Gasteiger charge is -2.37. The third kappa shape index (κ3) is 2.74. The SMILES string of the molecule is COc1cc2c(cc1OC)[C@H](c1ccncc1)N(C(C)=O)CC2. The summed E-state index contributed by atoms with van der Waals surface area (Å²) < 4.78 is 10.8. The number of amides is 1. The molecule has 23 heavy (non-hydrogen) atoms. The number of pyridine rings is 1. The smallest absolute Gasteiger partial charge is 0.220 e. The first-order valence-electron chi connectivity index (χ1n) is 7.57. The van der Waals surface area contributed by atoms with E-state index in [9.17, 15) is 4.79 Å². The van der Waals surface area contributed by atoms with Crippen molar-refractivity contribution < 1.29 is 14.3 Å². The number of nitrogens with zero attached hydrogens (tertiary/aromatic N) is 2. The van der Waals surface area contributed by atoms with Crippen LogP contribution < -0.4 is 9.47 Å². The number of carbonyl (C=O) groups is 1. The summed E-state index contributed by atoms with van der Waals surface area (Å²) in [4.78, 5) is 18.1. The number of rotatable bonds is 3. The second-order valence-electron chi connectivity index (χ2n) is 5.55. The van der Waals surface area contributed by atoms with Crippen LogP contribution in [0.2, 0.25) is 0 Å². The molecule has 0 radical (unpaired) electrons. The van der Waals surface area contributed by atoms with Gasteiger partial charge in [-0.1, -0.05) is 0 Å². The highest BCUT2D eigenvalue weighted by Gasteiger charge is 2.31. The zero-order valence-corrected chi connectivity index (χ0v) is 13.6. The van der Waals surface area contributed by atoms with Crippen molar-refractivity contribution in [2.24, 2.45) is 0 Å². The molecule has 1 amide bonds. The van der Waals surface area contributed by atoms with Crippen LogP contribution in [-0.4, -0.2) is 36.6 Å². The third-order valence-electron chi connectivity index (χ3n) is 4.30. The van der Waals surface area contributed by atoms with Crippen LogP contribution >= 0.6 is 0 Å². The fourth-order valence-electron chi connectivity index (χ4n) is 3.19. The molecule has 1 atom stereocenters. The van der Waals surface area contributed by atoms with Gasteiger partial charge < -0.3 is 14.4 Å². The first kappa shape index (κ1) is 15.3. The fraction of sp³-hybridized carbons (Fsp3) is 0.333. The molecule has 2 heterocycles. The van der Waals surface area contributed by atoms with Gasteiger partial charge in [-0.05, 0) is 47.4 Å². The van der Waals surface area contributed by atoms with Crippen LogP contribution in [0.3, 0.4) is 0 Å². The molecule has 0 aliphatic carbocycles. The lowest BCUT2D eigenvalue weighted by molar-refractivity contribution is -0.130. The van der Waals surface area contributed by atoms with Crippen LogP contribution in [0, 0.1) is 0 Å². The number of aromatic nitrogens is 1. The zero-order valence-electron chi connectivity index (χ0n) is 13.6. The molecule has 0 bridgehead atoms. The number of hydrogen-bond donors (Lipinski definition) is 0. The molecule has 1 aliphatic heterocycles. The standard InChI is InChI=1S/C18H20N2O3/c1-12(21)20-9-6-14-10-16(22-2)17(23-3)11-15(14)18(20)13-4-7-19-8-5-13/h4-5,7-8,10-11,18H,6,9H2,1-3H3/t18-/m0/s1. The predicted octanol–water partition coefficient (Wildman–Crippen LogP) is 2.59. The first-order valence-corrected chi connectivity index (χ1v) is 7.57. The van der Waals surface area contributed by atoms with Crippen LogP contribution in [0.25, 0.3) is 0 Å². The topological polar surface area (TPSA) is 51.7 Å². The fourth-order valence-corrected chi connectivity index (χ4v) is 3.19. The van der Waals surface area contributed by atoms with E-state index in [1.807, 2.05) is 29.2 Å². The minimum absolute atomic E-state index is 0.0623. The van der Waals surface area contributed by atoms with E-state index in [4.69, 9.17) is 9.47 Å².